The van der Waals surface area contributed by atoms with Crippen LogP contribution in [0.5, 0.6) is 0 Å². The first kappa shape index (κ1) is 21.6. The molecule has 3 atom stereocenters. The molecule has 0 unspecified atom stereocenters. The summed E-state index contributed by atoms with van der Waals surface area (Å²) in [7, 11) is 0. The predicted octanol–water partition coefficient (Wildman–Crippen LogP) is 3.56. The molecule has 4 rings (SSSR count). The molecule has 2 N–H and O–H groups in total. The van der Waals surface area contributed by atoms with Gasteiger partial charge in [-0.3, -0.25) is 0 Å². The Morgan fingerprint density at radius 3 is 2.73 bits per heavy atom. The maximum atomic E-state index is 5.68. The zero-order chi connectivity index (χ0) is 20.9. The Morgan fingerprint density at radius 1 is 1.10 bits per heavy atom. The first-order chi connectivity index (χ1) is 14.6. The fourth-order valence-electron chi connectivity index (χ4n) is 4.78. The number of nitrogens with zero attached hydrogens (tertiary/aromatic N) is 4. The minimum absolute atomic E-state index is 0.247. The largest absolute Gasteiger partial charge is 0.376 e. The van der Waals surface area contributed by atoms with E-state index in [0.717, 1.165) is 57.3 Å². The van der Waals surface area contributed by atoms with Gasteiger partial charge in [0.25, 0.3) is 0 Å². The highest BCUT2D eigenvalue weighted by Crippen LogP contribution is 2.29. The van der Waals surface area contributed by atoms with Crippen molar-refractivity contribution < 1.29 is 4.74 Å². The van der Waals surface area contributed by atoms with Crippen molar-refractivity contribution in [1.82, 2.24) is 15.3 Å². The van der Waals surface area contributed by atoms with E-state index in [1.54, 1.807) is 0 Å². The van der Waals surface area contributed by atoms with Crippen LogP contribution >= 0.6 is 12.2 Å². The summed E-state index contributed by atoms with van der Waals surface area (Å²) < 4.78 is 5.68. The van der Waals surface area contributed by atoms with Crippen molar-refractivity contribution in [3.8, 4) is 0 Å². The van der Waals surface area contributed by atoms with Gasteiger partial charge in [0.1, 0.15) is 11.6 Å². The number of aromatic nitrogens is 2. The topological polar surface area (TPSA) is 65.5 Å². The first-order valence-corrected chi connectivity index (χ1v) is 12.1. The zero-order valence-corrected chi connectivity index (χ0v) is 19.2. The number of nitrogens with one attached hydrogen (secondary N) is 2. The molecule has 3 aliphatic heterocycles. The van der Waals surface area contributed by atoms with Crippen molar-refractivity contribution in [3.63, 3.8) is 0 Å². The molecule has 1 aromatic heterocycles. The van der Waals surface area contributed by atoms with E-state index in [1.165, 1.54) is 32.1 Å². The van der Waals surface area contributed by atoms with E-state index >= 15 is 0 Å². The Balaban J connectivity index is 1.51. The van der Waals surface area contributed by atoms with Crippen LogP contribution in [0.3, 0.4) is 0 Å². The Bertz CT molecular complexity index is 726. The van der Waals surface area contributed by atoms with Crippen LogP contribution in [-0.4, -0.2) is 60.0 Å². The van der Waals surface area contributed by atoms with Gasteiger partial charge in [0.2, 0.25) is 5.95 Å². The average Bonchev–Trinajstić information content (AvgIpc) is 3.26. The van der Waals surface area contributed by atoms with Gasteiger partial charge in [-0.25, -0.2) is 0 Å². The number of thiocarbonyl (C=S) groups is 1. The maximum absolute atomic E-state index is 5.68. The van der Waals surface area contributed by atoms with Gasteiger partial charge in [0.15, 0.2) is 5.11 Å². The molecule has 8 heteroatoms. The van der Waals surface area contributed by atoms with Gasteiger partial charge in [0, 0.05) is 44.9 Å². The number of rotatable bonds is 5. The monoisotopic (exact) mass is 432 g/mol. The lowest BCUT2D eigenvalue weighted by Crippen LogP contribution is -2.39. The molecule has 3 aliphatic rings. The van der Waals surface area contributed by atoms with E-state index < -0.39 is 0 Å². The highest BCUT2D eigenvalue weighted by Gasteiger charge is 2.24. The normalized spacial score (nSPS) is 27.2. The van der Waals surface area contributed by atoms with E-state index in [4.69, 9.17) is 26.9 Å². The molecule has 0 radical (unpaired) electrons. The van der Waals surface area contributed by atoms with Gasteiger partial charge in [-0.05, 0) is 70.0 Å². The zero-order valence-electron chi connectivity index (χ0n) is 18.4. The van der Waals surface area contributed by atoms with Gasteiger partial charge in [-0.2, -0.15) is 9.97 Å². The minimum Gasteiger partial charge on any atom is -0.376 e. The summed E-state index contributed by atoms with van der Waals surface area (Å²) in [6.07, 6.45) is 8.69. The van der Waals surface area contributed by atoms with E-state index in [2.05, 4.69) is 40.3 Å². The third-order valence-corrected chi connectivity index (χ3v) is 6.76. The molecular weight excluding hydrogens is 396 g/mol. The predicted molar refractivity (Wildman–Crippen MR) is 126 cm³/mol. The van der Waals surface area contributed by atoms with Crippen molar-refractivity contribution in [1.29, 1.82) is 0 Å². The van der Waals surface area contributed by atoms with E-state index in [-0.39, 0.29) is 6.10 Å². The van der Waals surface area contributed by atoms with Gasteiger partial charge >= 0.3 is 0 Å². The molecule has 4 heterocycles. The molecular formula is C22H36N6OS. The second kappa shape index (κ2) is 10.1. The molecule has 30 heavy (non-hydrogen) atoms. The second-order valence-electron chi connectivity index (χ2n) is 9.11. The van der Waals surface area contributed by atoms with Crippen molar-refractivity contribution in [2.24, 2.45) is 5.92 Å². The van der Waals surface area contributed by atoms with Crippen LogP contribution in [-0.2, 0) is 4.74 Å². The van der Waals surface area contributed by atoms with Crippen LogP contribution in [0, 0.1) is 5.92 Å². The molecule has 0 saturated carbocycles. The summed E-state index contributed by atoms with van der Waals surface area (Å²) in [5, 5.41) is 7.08. The lowest BCUT2D eigenvalue weighted by atomic mass is 10.0. The number of hydrogen-bond acceptors (Lipinski definition) is 6. The second-order valence-corrected chi connectivity index (χ2v) is 9.52. The van der Waals surface area contributed by atoms with E-state index in [1.807, 2.05) is 0 Å². The summed E-state index contributed by atoms with van der Waals surface area (Å²) in [4.78, 5) is 14.5. The third kappa shape index (κ3) is 5.52. The Labute approximate surface area is 186 Å². The fraction of sp³-hybridized carbons (Fsp3) is 0.773. The van der Waals surface area contributed by atoms with Crippen LogP contribution in [0.4, 0.5) is 17.6 Å². The van der Waals surface area contributed by atoms with Crippen LogP contribution in [0.1, 0.15) is 58.8 Å². The van der Waals surface area contributed by atoms with Crippen LogP contribution < -0.4 is 20.4 Å². The van der Waals surface area contributed by atoms with Crippen molar-refractivity contribution in [3.05, 3.63) is 6.07 Å². The van der Waals surface area contributed by atoms with Crippen LogP contribution in [0.15, 0.2) is 6.07 Å². The molecule has 0 bridgehead atoms. The maximum Gasteiger partial charge on any atom is 0.232 e. The summed E-state index contributed by atoms with van der Waals surface area (Å²) >= 11 is 5.53. The minimum atomic E-state index is 0.247. The smallest absolute Gasteiger partial charge is 0.232 e. The van der Waals surface area contributed by atoms with Crippen LogP contribution in [0.2, 0.25) is 0 Å². The molecule has 3 fully saturated rings. The summed E-state index contributed by atoms with van der Waals surface area (Å²) in [5.41, 5.74) is 0. The molecule has 0 aromatic carbocycles. The Morgan fingerprint density at radius 2 is 1.97 bits per heavy atom. The quantitative estimate of drug-likeness (QED) is 0.685. The molecule has 0 aliphatic carbocycles. The molecule has 0 amide bonds. The lowest BCUT2D eigenvalue weighted by Gasteiger charge is -2.36. The molecule has 1 aromatic rings. The molecule has 166 valence electrons. The molecule has 7 nitrogen and oxygen atoms in total. The lowest BCUT2D eigenvalue weighted by molar-refractivity contribution is 0.114. The Kier molecular flexibility index (Phi) is 7.25. The van der Waals surface area contributed by atoms with Crippen LogP contribution in [0.25, 0.3) is 0 Å². The van der Waals surface area contributed by atoms with Crippen molar-refractivity contribution in [2.45, 2.75) is 70.9 Å². The van der Waals surface area contributed by atoms with Crippen molar-refractivity contribution >= 4 is 34.9 Å². The number of anilines is 3. The molecule has 0 spiro atoms. The number of piperidine rings is 2. The number of ether oxygens (including phenoxy) is 1. The first-order valence-electron chi connectivity index (χ1n) is 11.7. The summed E-state index contributed by atoms with van der Waals surface area (Å²) in [5.74, 6) is 3.29. The highest BCUT2D eigenvalue weighted by atomic mass is 32.1. The van der Waals surface area contributed by atoms with Gasteiger partial charge in [-0.1, -0.05) is 6.92 Å². The van der Waals surface area contributed by atoms with Gasteiger partial charge < -0.3 is 25.2 Å². The van der Waals surface area contributed by atoms with Gasteiger partial charge in [0.05, 0.1) is 6.10 Å². The Hall–Kier alpha value is -1.67. The standard InChI is InChI=1S/C22H36N6OS/c1-16-7-5-10-27(15-16)19-13-20(28-11-4-3-8-17(28)2)25-21(24-19)26-22(30)23-14-18-9-6-12-29-18/h13,16-18H,3-12,14-15H2,1-2H3,(H2,23,24,25,26,30)/t16-,17-,18-/m1/s1. The highest BCUT2D eigenvalue weighted by molar-refractivity contribution is 7.80. The van der Waals surface area contributed by atoms with E-state index in [9.17, 15) is 0 Å². The van der Waals surface area contributed by atoms with Crippen molar-refractivity contribution in [2.75, 3.05) is 47.9 Å². The third-order valence-electron chi connectivity index (χ3n) is 6.52. The van der Waals surface area contributed by atoms with E-state index in [0.29, 0.717) is 23.0 Å². The summed E-state index contributed by atoms with van der Waals surface area (Å²) in [6, 6.07) is 2.67. The fourth-order valence-corrected chi connectivity index (χ4v) is 4.96. The summed E-state index contributed by atoms with van der Waals surface area (Å²) in [6.45, 7) is 9.35. The SMILES string of the molecule is C[C@@H]1CCCN(c2cc(N3CCCC[C@H]3C)nc(NC(=S)NC[C@H]3CCCO3)n2)C1. The van der Waals surface area contributed by atoms with Gasteiger partial charge in [-0.15, -0.1) is 0 Å². The molecule has 3 saturated heterocycles. The average molecular weight is 433 g/mol. The number of hydrogen-bond donors (Lipinski definition) is 2.